The first-order chi connectivity index (χ1) is 25.1. The molecule has 52 heavy (non-hydrogen) atoms. The second kappa shape index (κ2) is 25.8. The van der Waals surface area contributed by atoms with Crippen molar-refractivity contribution < 1.29 is 28.6 Å². The van der Waals surface area contributed by atoms with Gasteiger partial charge in [-0.25, -0.2) is 0 Å². The van der Waals surface area contributed by atoms with Gasteiger partial charge in [-0.15, -0.1) is 0 Å². The fourth-order valence-corrected chi connectivity index (χ4v) is 19.8. The molecule has 0 fully saturated rings. The summed E-state index contributed by atoms with van der Waals surface area (Å²) < 4.78 is 20.0. The third-order valence-electron chi connectivity index (χ3n) is 8.14. The molecule has 0 amide bonds. The quantitative estimate of drug-likeness (QED) is 0.0464. The number of esters is 3. The molecule has 0 aliphatic carbocycles. The molecule has 280 valence electrons. The second-order valence-corrected chi connectivity index (χ2v) is 32.5. The molecular weight excluding hydrogens is 817 g/mol. The number of unbranched alkanes of at least 4 members (excludes halogenated alkanes) is 3. The van der Waals surface area contributed by atoms with Crippen LogP contribution in [0.1, 0.15) is 66.2 Å². The second-order valence-electron chi connectivity index (χ2n) is 12.3. The number of ether oxygens (including phenoxy) is 3. The van der Waals surface area contributed by atoms with Crippen LogP contribution in [0.4, 0.5) is 0 Å². The summed E-state index contributed by atoms with van der Waals surface area (Å²) in [5.41, 5.74) is 0. The number of halogens is 2. The van der Waals surface area contributed by atoms with E-state index in [0.29, 0.717) is 19.8 Å². The molecule has 4 aromatic carbocycles. The summed E-state index contributed by atoms with van der Waals surface area (Å²) in [5.74, 6) is -0.613. The van der Waals surface area contributed by atoms with Gasteiger partial charge in [0.1, 0.15) is 0 Å². The Labute approximate surface area is 324 Å². The molecule has 0 spiro atoms. The first-order valence-corrected chi connectivity index (χ1v) is 30.8. The Morgan fingerprint density at radius 2 is 0.769 bits per heavy atom. The Kier molecular flexibility index (Phi) is 22.4. The van der Waals surface area contributed by atoms with Crippen molar-refractivity contribution >= 4 is 80.2 Å². The van der Waals surface area contributed by atoms with Gasteiger partial charge >= 0.3 is 284 Å². The molecule has 0 N–H and O–H groups in total. The summed E-state index contributed by atoms with van der Waals surface area (Å²) in [6.07, 6.45) is 5.69. The van der Waals surface area contributed by atoms with Crippen molar-refractivity contribution in [1.29, 1.82) is 0 Å². The Bertz CT molecular complexity index is 1450. The topological polar surface area (TPSA) is 78.9 Å². The molecule has 10 heteroatoms. The van der Waals surface area contributed by atoms with Crippen molar-refractivity contribution in [1.82, 2.24) is 0 Å². The van der Waals surface area contributed by atoms with Crippen LogP contribution in [-0.2, 0) is 28.6 Å². The first kappa shape index (κ1) is 45.1. The zero-order valence-electron chi connectivity index (χ0n) is 31.0. The van der Waals surface area contributed by atoms with Crippen LogP contribution in [0.25, 0.3) is 0 Å². The molecule has 0 atom stereocenters. The molecule has 0 saturated carbocycles. The maximum absolute atomic E-state index is 12.8. The SMILES string of the molecule is CCCCOC(=O)[CH2][Ge]([CH2]C(=O)OCCCC)([c]1ccccc1)[c]1ccccc1.CCCCOC(C)=O.[Cl][Ge]([Cl])([c]1ccccc1)[c]1ccccc1. The molecule has 6 nitrogen and oxygen atoms in total. The average molecular weight is 871 g/mol. The summed E-state index contributed by atoms with van der Waals surface area (Å²) in [7, 11) is 13.1. The van der Waals surface area contributed by atoms with Gasteiger partial charge in [-0.05, 0) is 6.42 Å². The predicted molar refractivity (Wildman–Crippen MR) is 220 cm³/mol. The summed E-state index contributed by atoms with van der Waals surface area (Å²) in [4.78, 5) is 35.7. The molecule has 0 saturated heterocycles. The van der Waals surface area contributed by atoms with E-state index < -0.39 is 24.7 Å². The van der Waals surface area contributed by atoms with E-state index in [2.05, 4.69) is 25.5 Å². The van der Waals surface area contributed by atoms with E-state index in [1.807, 2.05) is 121 Å². The normalized spacial score (nSPS) is 10.8. The van der Waals surface area contributed by atoms with Gasteiger partial charge in [0.25, 0.3) is 0 Å². The molecule has 0 radical (unpaired) electrons. The van der Waals surface area contributed by atoms with Gasteiger partial charge in [0.15, 0.2) is 0 Å². The molecule has 0 aromatic heterocycles. The number of rotatable bonds is 17. The van der Waals surface area contributed by atoms with Crippen molar-refractivity contribution in [2.75, 3.05) is 19.8 Å². The monoisotopic (exact) mass is 872 g/mol. The van der Waals surface area contributed by atoms with Crippen molar-refractivity contribution in [3.63, 3.8) is 0 Å². The minimum absolute atomic E-state index is 0.182. The Balaban J connectivity index is 0.000000335. The van der Waals surface area contributed by atoms with Crippen LogP contribution in [0.2, 0.25) is 10.5 Å². The van der Waals surface area contributed by atoms with Crippen LogP contribution in [0.3, 0.4) is 0 Å². The Morgan fingerprint density at radius 3 is 1.06 bits per heavy atom. The van der Waals surface area contributed by atoms with Crippen LogP contribution < -0.4 is 17.6 Å². The number of hydrogen-bond donors (Lipinski definition) is 0. The molecule has 0 unspecified atom stereocenters. The van der Waals surface area contributed by atoms with Crippen LogP contribution in [0, 0.1) is 0 Å². The van der Waals surface area contributed by atoms with Gasteiger partial charge in [0, 0.05) is 6.92 Å². The molecule has 0 aliphatic heterocycles. The van der Waals surface area contributed by atoms with Gasteiger partial charge in [-0.2, -0.15) is 0 Å². The Morgan fingerprint density at radius 1 is 0.481 bits per heavy atom. The average Bonchev–Trinajstić information content (AvgIpc) is 3.17. The zero-order chi connectivity index (χ0) is 38.1. The van der Waals surface area contributed by atoms with Crippen LogP contribution in [-0.4, -0.2) is 62.4 Å². The van der Waals surface area contributed by atoms with Crippen LogP contribution >= 0.6 is 20.0 Å². The molecule has 0 aliphatic rings. The third kappa shape index (κ3) is 16.3. The van der Waals surface area contributed by atoms with Crippen molar-refractivity contribution in [3.05, 3.63) is 121 Å². The number of benzene rings is 4. The van der Waals surface area contributed by atoms with Gasteiger partial charge in [0.2, 0.25) is 0 Å². The van der Waals surface area contributed by atoms with E-state index in [1.165, 1.54) is 6.92 Å². The molecule has 4 rings (SSSR count). The predicted octanol–water partition coefficient (Wildman–Crippen LogP) is 8.01. The van der Waals surface area contributed by atoms with E-state index in [-0.39, 0.29) is 28.4 Å². The van der Waals surface area contributed by atoms with E-state index in [1.54, 1.807) is 0 Å². The summed E-state index contributed by atoms with van der Waals surface area (Å²) >= 11 is -6.47. The molecular formula is C42H54Cl2Ge2O6. The van der Waals surface area contributed by atoms with Crippen LogP contribution in [0.15, 0.2) is 121 Å². The number of carbonyl (C=O) groups is 3. The summed E-state index contributed by atoms with van der Waals surface area (Å²) in [6, 6.07) is 39.9. The summed E-state index contributed by atoms with van der Waals surface area (Å²) in [5, 5.41) is 0.557. The molecule has 4 aromatic rings. The minimum atomic E-state index is -3.42. The third-order valence-corrected chi connectivity index (χ3v) is 26.9. The van der Waals surface area contributed by atoms with Gasteiger partial charge < -0.3 is 4.74 Å². The van der Waals surface area contributed by atoms with Crippen LogP contribution in [0.5, 0.6) is 0 Å². The fraction of sp³-hybridized carbons (Fsp3) is 0.357. The van der Waals surface area contributed by atoms with Gasteiger partial charge in [-0.1, -0.05) is 13.3 Å². The van der Waals surface area contributed by atoms with E-state index in [4.69, 9.17) is 29.5 Å². The molecule has 0 heterocycles. The van der Waals surface area contributed by atoms with Gasteiger partial charge in [-0.3, -0.25) is 4.79 Å². The van der Waals surface area contributed by atoms with E-state index in [0.717, 1.165) is 56.1 Å². The van der Waals surface area contributed by atoms with E-state index >= 15 is 0 Å². The number of hydrogen-bond acceptors (Lipinski definition) is 6. The van der Waals surface area contributed by atoms with Crippen molar-refractivity contribution in [2.24, 2.45) is 0 Å². The Hall–Kier alpha value is -3.04. The van der Waals surface area contributed by atoms with Crippen molar-refractivity contribution in [3.8, 4) is 0 Å². The zero-order valence-corrected chi connectivity index (χ0v) is 36.7. The van der Waals surface area contributed by atoms with Crippen molar-refractivity contribution in [2.45, 2.75) is 76.7 Å². The first-order valence-electron chi connectivity index (χ1n) is 18.1. The maximum atomic E-state index is 12.8. The van der Waals surface area contributed by atoms with E-state index in [9.17, 15) is 14.4 Å². The molecule has 0 bridgehead atoms. The fourth-order valence-electron chi connectivity index (χ4n) is 5.23. The standard InChI is InChI=1S/C24H32GeO4.C12H10Cl2Ge.C6H12O2/c1-3-5-17-28-23(26)19-25(21-13-9-7-10-14-21,22-15-11-8-12-16-22)20-24(27)29-18-6-4-2;13-15(14,11-7-3-1-4-8-11)12-9-5-2-6-10-12;1-3-4-5-8-6(2)7/h7-16H,3-6,17-20H2,1-2H3;1-10H;3-5H2,1-2H3. The summed E-state index contributed by atoms with van der Waals surface area (Å²) in [6.45, 7) is 9.05. The van der Waals surface area contributed by atoms with Gasteiger partial charge in [0.05, 0.1) is 6.61 Å². The number of carbonyl (C=O) groups excluding carboxylic acids is 3.